The quantitative estimate of drug-likeness (QED) is 0.661. The van der Waals surface area contributed by atoms with Crippen molar-refractivity contribution in [3.63, 3.8) is 0 Å². The van der Waals surface area contributed by atoms with Gasteiger partial charge in [-0.05, 0) is 12.8 Å². The van der Waals surface area contributed by atoms with Crippen LogP contribution in [0.2, 0.25) is 10.0 Å². The fourth-order valence-corrected chi connectivity index (χ4v) is 2.22. The number of halogens is 2. The monoisotopic (exact) mass is 304 g/mol. The van der Waals surface area contributed by atoms with Crippen LogP contribution >= 0.6 is 23.2 Å². The third kappa shape index (κ3) is 2.97. The molecule has 0 aliphatic heterocycles. The Morgan fingerprint density at radius 1 is 1.42 bits per heavy atom. The normalized spacial score (nSPS) is 21.6. The molecule has 102 valence electrons. The van der Waals surface area contributed by atoms with E-state index in [1.807, 2.05) is 0 Å². The van der Waals surface area contributed by atoms with Gasteiger partial charge >= 0.3 is 0 Å². The van der Waals surface area contributed by atoms with Crippen molar-refractivity contribution in [1.29, 1.82) is 0 Å². The predicted octanol–water partition coefficient (Wildman–Crippen LogP) is 2.15. The van der Waals surface area contributed by atoms with Crippen LogP contribution in [0.25, 0.3) is 0 Å². The highest BCUT2D eigenvalue weighted by atomic mass is 35.5. The first kappa shape index (κ1) is 14.0. The van der Waals surface area contributed by atoms with Crippen LogP contribution in [0.4, 0.5) is 5.69 Å². The van der Waals surface area contributed by atoms with Gasteiger partial charge in [0, 0.05) is 18.2 Å². The van der Waals surface area contributed by atoms with Gasteiger partial charge < -0.3 is 10.4 Å². The minimum atomic E-state index is -0.647. The fourth-order valence-electron chi connectivity index (χ4n) is 1.81. The van der Waals surface area contributed by atoms with Gasteiger partial charge in [0.15, 0.2) is 0 Å². The van der Waals surface area contributed by atoms with E-state index in [2.05, 4.69) is 5.32 Å². The second-order valence-corrected chi connectivity index (χ2v) is 5.13. The second-order valence-electron chi connectivity index (χ2n) is 4.34. The number of nitro groups is 1. The first-order valence-electron chi connectivity index (χ1n) is 5.51. The third-order valence-corrected chi connectivity index (χ3v) is 3.72. The van der Waals surface area contributed by atoms with Crippen molar-refractivity contribution < 1.29 is 14.8 Å². The summed E-state index contributed by atoms with van der Waals surface area (Å²) in [7, 11) is 0. The molecular weight excluding hydrogens is 295 g/mol. The summed E-state index contributed by atoms with van der Waals surface area (Å²) < 4.78 is 0. The molecule has 1 aromatic rings. The molecule has 1 saturated carbocycles. The van der Waals surface area contributed by atoms with E-state index in [4.69, 9.17) is 28.3 Å². The summed E-state index contributed by atoms with van der Waals surface area (Å²) in [6.45, 7) is 0. The van der Waals surface area contributed by atoms with Crippen LogP contribution in [0.15, 0.2) is 12.1 Å². The largest absolute Gasteiger partial charge is 0.393 e. The maximum atomic E-state index is 11.9. The molecule has 0 unspecified atom stereocenters. The zero-order valence-electron chi connectivity index (χ0n) is 9.60. The van der Waals surface area contributed by atoms with Crippen LogP contribution in [0.3, 0.4) is 0 Å². The van der Waals surface area contributed by atoms with E-state index in [-0.39, 0.29) is 27.3 Å². The number of nitro benzene ring substituents is 1. The van der Waals surface area contributed by atoms with Gasteiger partial charge in [0.25, 0.3) is 11.6 Å². The summed E-state index contributed by atoms with van der Waals surface area (Å²) >= 11 is 11.6. The van der Waals surface area contributed by atoms with Crippen LogP contribution in [0.5, 0.6) is 0 Å². The Labute approximate surface area is 118 Å². The first-order valence-corrected chi connectivity index (χ1v) is 6.26. The number of aliphatic hydroxyl groups excluding tert-OH is 1. The summed E-state index contributed by atoms with van der Waals surface area (Å²) in [4.78, 5) is 22.0. The lowest BCUT2D eigenvalue weighted by molar-refractivity contribution is -0.384. The van der Waals surface area contributed by atoms with Crippen molar-refractivity contribution in [3.05, 3.63) is 37.9 Å². The molecule has 1 aliphatic rings. The summed E-state index contributed by atoms with van der Waals surface area (Å²) in [5, 5.41) is 22.4. The lowest BCUT2D eigenvalue weighted by atomic mass is 9.89. The van der Waals surface area contributed by atoms with Gasteiger partial charge in [-0.1, -0.05) is 23.2 Å². The summed E-state index contributed by atoms with van der Waals surface area (Å²) in [6, 6.07) is 2.03. The molecular formula is C11H10Cl2N2O4. The van der Waals surface area contributed by atoms with E-state index in [9.17, 15) is 14.9 Å². The number of aliphatic hydroxyl groups is 1. The fraction of sp³-hybridized carbons (Fsp3) is 0.364. The molecule has 2 N–H and O–H groups in total. The third-order valence-electron chi connectivity index (χ3n) is 2.92. The van der Waals surface area contributed by atoms with Crippen LogP contribution in [0, 0.1) is 10.1 Å². The molecule has 1 aromatic carbocycles. The van der Waals surface area contributed by atoms with Gasteiger partial charge in [-0.2, -0.15) is 0 Å². The van der Waals surface area contributed by atoms with Crippen LogP contribution in [-0.4, -0.2) is 28.1 Å². The number of benzene rings is 1. The Morgan fingerprint density at radius 3 is 2.58 bits per heavy atom. The minimum Gasteiger partial charge on any atom is -0.393 e. The highest BCUT2D eigenvalue weighted by Crippen LogP contribution is 2.31. The molecule has 19 heavy (non-hydrogen) atoms. The Kier molecular flexibility index (Phi) is 3.93. The van der Waals surface area contributed by atoms with E-state index in [1.165, 1.54) is 0 Å². The van der Waals surface area contributed by atoms with E-state index in [1.54, 1.807) is 0 Å². The molecule has 1 amide bonds. The molecule has 8 heteroatoms. The number of hydrogen-bond acceptors (Lipinski definition) is 4. The van der Waals surface area contributed by atoms with Gasteiger partial charge in [-0.15, -0.1) is 0 Å². The maximum Gasteiger partial charge on any atom is 0.271 e. The van der Waals surface area contributed by atoms with Crippen molar-refractivity contribution in [1.82, 2.24) is 5.32 Å². The SMILES string of the molecule is O=C(NC1CC(O)C1)c1cc([N+](=O)[O-])cc(Cl)c1Cl. The molecule has 0 radical (unpaired) electrons. The smallest absolute Gasteiger partial charge is 0.271 e. The zero-order chi connectivity index (χ0) is 14.2. The van der Waals surface area contributed by atoms with Crippen molar-refractivity contribution in [3.8, 4) is 0 Å². The standard InChI is InChI=1S/C11H10Cl2N2O4/c12-9-4-6(15(18)19)3-8(10(9)13)11(17)14-5-1-7(16)2-5/h3-5,7,16H,1-2H2,(H,14,17). The van der Waals surface area contributed by atoms with Crippen LogP contribution < -0.4 is 5.32 Å². The number of carbonyl (C=O) groups excluding carboxylic acids is 1. The van der Waals surface area contributed by atoms with Crippen LogP contribution in [0.1, 0.15) is 23.2 Å². The van der Waals surface area contributed by atoms with Crippen molar-refractivity contribution in [2.75, 3.05) is 0 Å². The molecule has 0 saturated heterocycles. The zero-order valence-corrected chi connectivity index (χ0v) is 11.1. The van der Waals surface area contributed by atoms with Crippen molar-refractivity contribution in [2.24, 2.45) is 0 Å². The lowest BCUT2D eigenvalue weighted by Gasteiger charge is -2.32. The average molecular weight is 305 g/mol. The molecule has 1 aliphatic carbocycles. The van der Waals surface area contributed by atoms with Gasteiger partial charge in [-0.3, -0.25) is 14.9 Å². The molecule has 6 nitrogen and oxygen atoms in total. The average Bonchev–Trinajstić information content (AvgIpc) is 2.30. The molecule has 0 heterocycles. The Hall–Kier alpha value is -1.37. The number of nitrogens with one attached hydrogen (secondary N) is 1. The van der Waals surface area contributed by atoms with Gasteiger partial charge in [0.2, 0.25) is 0 Å². The molecule has 0 bridgehead atoms. The lowest BCUT2D eigenvalue weighted by Crippen LogP contribution is -2.46. The first-order chi connectivity index (χ1) is 8.88. The summed E-state index contributed by atoms with van der Waals surface area (Å²) in [6.07, 6.45) is 0.521. The second kappa shape index (κ2) is 5.32. The topological polar surface area (TPSA) is 92.5 Å². The number of hydrogen-bond donors (Lipinski definition) is 2. The number of amides is 1. The van der Waals surface area contributed by atoms with E-state index in [0.29, 0.717) is 12.8 Å². The summed E-state index contributed by atoms with van der Waals surface area (Å²) in [5.74, 6) is -0.535. The molecule has 0 spiro atoms. The number of non-ortho nitro benzene ring substituents is 1. The van der Waals surface area contributed by atoms with E-state index < -0.39 is 16.9 Å². The Bertz CT molecular complexity index is 544. The van der Waals surface area contributed by atoms with Crippen molar-refractivity contribution in [2.45, 2.75) is 25.0 Å². The highest BCUT2D eigenvalue weighted by Gasteiger charge is 2.30. The Morgan fingerprint density at radius 2 is 2.05 bits per heavy atom. The maximum absolute atomic E-state index is 11.9. The minimum absolute atomic E-state index is 0.0235. The van der Waals surface area contributed by atoms with Crippen LogP contribution in [-0.2, 0) is 0 Å². The van der Waals surface area contributed by atoms with Gasteiger partial charge in [-0.25, -0.2) is 0 Å². The van der Waals surface area contributed by atoms with Gasteiger partial charge in [0.05, 0.1) is 26.6 Å². The van der Waals surface area contributed by atoms with Gasteiger partial charge in [0.1, 0.15) is 0 Å². The summed E-state index contributed by atoms with van der Waals surface area (Å²) in [5.41, 5.74) is -0.338. The number of nitrogens with zero attached hydrogens (tertiary/aromatic N) is 1. The molecule has 0 atom stereocenters. The Balaban J connectivity index is 2.22. The molecule has 2 rings (SSSR count). The van der Waals surface area contributed by atoms with E-state index >= 15 is 0 Å². The molecule has 1 fully saturated rings. The highest BCUT2D eigenvalue weighted by molar-refractivity contribution is 6.44. The number of rotatable bonds is 3. The van der Waals surface area contributed by atoms with E-state index in [0.717, 1.165) is 12.1 Å². The number of carbonyl (C=O) groups is 1. The van der Waals surface area contributed by atoms with Crippen molar-refractivity contribution >= 4 is 34.8 Å². The molecule has 0 aromatic heterocycles. The predicted molar refractivity (Wildman–Crippen MR) is 69.6 cm³/mol.